The van der Waals surface area contributed by atoms with Gasteiger partial charge in [0.05, 0.1) is 19.8 Å². The van der Waals surface area contributed by atoms with Crippen LogP contribution in [0.4, 0.5) is 18.0 Å². The molecule has 1 unspecified atom stereocenters. The summed E-state index contributed by atoms with van der Waals surface area (Å²) in [6.07, 6.45) is -6.74. The lowest BCUT2D eigenvalue weighted by Crippen LogP contribution is -2.39. The lowest BCUT2D eigenvalue weighted by atomic mass is 10.1. The van der Waals surface area contributed by atoms with Crippen LogP contribution in [0.25, 0.3) is 0 Å². The van der Waals surface area contributed by atoms with E-state index < -0.39 is 36.0 Å². The van der Waals surface area contributed by atoms with Crippen molar-refractivity contribution in [3.63, 3.8) is 0 Å². The maximum atomic E-state index is 13.0. The molecule has 1 atom stereocenters. The average molecular weight is 660 g/mol. The number of halogens is 5. The highest BCUT2D eigenvalue weighted by Crippen LogP contribution is 2.32. The van der Waals surface area contributed by atoms with Crippen LogP contribution in [-0.4, -0.2) is 67.4 Å². The van der Waals surface area contributed by atoms with E-state index in [9.17, 15) is 27.9 Å². The molecule has 14 heteroatoms. The topological polar surface area (TPSA) is 104 Å². The molecule has 0 saturated carbocycles. The van der Waals surface area contributed by atoms with Crippen molar-refractivity contribution < 1.29 is 51.6 Å². The molecule has 3 aromatic rings. The molecule has 44 heavy (non-hydrogen) atoms. The molecule has 0 aromatic heterocycles. The Bertz CT molecular complexity index is 1350. The van der Waals surface area contributed by atoms with Crippen LogP contribution >= 0.6 is 23.2 Å². The van der Waals surface area contributed by atoms with Crippen LogP contribution in [0, 0.1) is 0 Å². The summed E-state index contributed by atoms with van der Waals surface area (Å²) in [6.45, 7) is 2.14. The summed E-state index contributed by atoms with van der Waals surface area (Å²) < 4.78 is 64.4. The second-order valence-electron chi connectivity index (χ2n) is 9.16. The molecule has 0 radical (unpaired) electrons. The van der Waals surface area contributed by atoms with Crippen molar-refractivity contribution in [3.8, 4) is 17.2 Å². The van der Waals surface area contributed by atoms with E-state index in [1.165, 1.54) is 23.1 Å². The Morgan fingerprint density at radius 1 is 0.909 bits per heavy atom. The Balaban J connectivity index is 1.63. The first-order chi connectivity index (χ1) is 20.9. The van der Waals surface area contributed by atoms with Gasteiger partial charge in [-0.2, -0.15) is 0 Å². The first-order valence-electron chi connectivity index (χ1n) is 13.3. The minimum Gasteiger partial charge on any atom is -0.492 e. The van der Waals surface area contributed by atoms with Gasteiger partial charge in [-0.25, -0.2) is 9.59 Å². The van der Waals surface area contributed by atoms with Gasteiger partial charge in [-0.05, 0) is 60.5 Å². The molecule has 0 aliphatic rings. The first-order valence-corrected chi connectivity index (χ1v) is 14.1. The number of ether oxygens (including phenoxy) is 5. The fraction of sp³-hybridized carbons (Fsp3) is 0.333. The smallest absolute Gasteiger partial charge is 0.492 e. The Morgan fingerprint density at radius 2 is 1.55 bits per heavy atom. The summed E-state index contributed by atoms with van der Waals surface area (Å²) in [5, 5.41) is 10.1. The quantitative estimate of drug-likeness (QED) is 0.164. The van der Waals surface area contributed by atoms with Crippen molar-refractivity contribution >= 4 is 35.3 Å². The molecule has 0 heterocycles. The number of hydrogen-bond acceptors (Lipinski definition) is 7. The maximum Gasteiger partial charge on any atom is 0.573 e. The summed E-state index contributed by atoms with van der Waals surface area (Å²) in [7, 11) is 0. The van der Waals surface area contributed by atoms with Crippen LogP contribution < -0.4 is 14.2 Å². The number of nitrogens with zero attached hydrogens (tertiary/aromatic N) is 1. The summed E-state index contributed by atoms with van der Waals surface area (Å²) in [6, 6.07) is 16.5. The third kappa shape index (κ3) is 12.1. The van der Waals surface area contributed by atoms with Crippen molar-refractivity contribution in [2.45, 2.75) is 32.4 Å². The van der Waals surface area contributed by atoms with E-state index >= 15 is 0 Å². The zero-order valence-corrected chi connectivity index (χ0v) is 25.0. The van der Waals surface area contributed by atoms with Gasteiger partial charge in [0.2, 0.25) is 0 Å². The highest BCUT2D eigenvalue weighted by atomic mass is 35.5. The Morgan fingerprint density at radius 3 is 2.16 bits per heavy atom. The van der Waals surface area contributed by atoms with Gasteiger partial charge in [-0.3, -0.25) is 0 Å². The zero-order chi connectivity index (χ0) is 32.1. The largest absolute Gasteiger partial charge is 0.573 e. The number of carboxylic acids is 1. The van der Waals surface area contributed by atoms with Gasteiger partial charge < -0.3 is 33.7 Å². The minimum absolute atomic E-state index is 0.00422. The number of aliphatic carboxylic acids is 1. The second-order valence-corrected chi connectivity index (χ2v) is 10.0. The molecule has 238 valence electrons. The number of carbonyl (C=O) groups excluding carboxylic acids is 1. The zero-order valence-electron chi connectivity index (χ0n) is 23.5. The van der Waals surface area contributed by atoms with Gasteiger partial charge in [-0.1, -0.05) is 47.5 Å². The number of carbonyl (C=O) groups is 2. The van der Waals surface area contributed by atoms with E-state index in [1.807, 2.05) is 0 Å². The van der Waals surface area contributed by atoms with Gasteiger partial charge in [0.1, 0.15) is 12.4 Å². The number of alkyl halides is 3. The summed E-state index contributed by atoms with van der Waals surface area (Å²) in [4.78, 5) is 25.6. The van der Waals surface area contributed by atoms with Crippen molar-refractivity contribution in [1.82, 2.24) is 4.90 Å². The molecular weight excluding hydrogens is 630 g/mol. The number of hydrogen-bond donors (Lipinski definition) is 1. The normalized spacial score (nSPS) is 12.0. The lowest BCUT2D eigenvalue weighted by Gasteiger charge is -2.23. The Kier molecular flexibility index (Phi) is 13.4. The summed E-state index contributed by atoms with van der Waals surface area (Å²) in [5.41, 5.74) is 1.43. The van der Waals surface area contributed by atoms with E-state index in [0.717, 1.165) is 11.6 Å². The fourth-order valence-electron chi connectivity index (χ4n) is 3.88. The molecule has 0 spiro atoms. The van der Waals surface area contributed by atoms with Crippen LogP contribution in [0.1, 0.15) is 18.1 Å². The monoisotopic (exact) mass is 659 g/mol. The highest BCUT2D eigenvalue weighted by Gasteiger charge is 2.33. The third-order valence-corrected chi connectivity index (χ3v) is 6.28. The summed E-state index contributed by atoms with van der Waals surface area (Å²) in [5.74, 6) is -1.71. The highest BCUT2D eigenvalue weighted by molar-refractivity contribution is 6.34. The van der Waals surface area contributed by atoms with Gasteiger partial charge >= 0.3 is 18.4 Å². The summed E-state index contributed by atoms with van der Waals surface area (Å²) >= 11 is 12.0. The van der Waals surface area contributed by atoms with E-state index in [-0.39, 0.29) is 45.9 Å². The van der Waals surface area contributed by atoms with Crippen LogP contribution in [0.2, 0.25) is 10.0 Å². The predicted molar refractivity (Wildman–Crippen MR) is 156 cm³/mol. The van der Waals surface area contributed by atoms with Crippen LogP contribution in [0.5, 0.6) is 17.2 Å². The molecule has 0 fully saturated rings. The van der Waals surface area contributed by atoms with E-state index in [4.69, 9.17) is 42.1 Å². The standard InChI is InChI=1S/C30H30Cl2F3NO8/c1-2-41-27(28(37)38)17-20-7-9-24(10-8-20)42-14-12-36(11-13-40-19-21-15-22(31)18-23(32)16-21)29(39)43-25-5-3-4-6-26(25)44-30(33,34)35/h3-10,15-16,18,27H,2,11-14,17,19H2,1H3,(H,37,38). The van der Waals surface area contributed by atoms with Gasteiger partial charge in [-0.15, -0.1) is 13.2 Å². The van der Waals surface area contributed by atoms with Gasteiger partial charge in [0.15, 0.2) is 17.6 Å². The molecule has 9 nitrogen and oxygen atoms in total. The van der Waals surface area contributed by atoms with E-state index in [2.05, 4.69) is 4.74 Å². The molecule has 0 aliphatic carbocycles. The van der Waals surface area contributed by atoms with Crippen LogP contribution in [0.3, 0.4) is 0 Å². The predicted octanol–water partition coefficient (Wildman–Crippen LogP) is 7.02. The van der Waals surface area contributed by atoms with Crippen LogP contribution in [0.15, 0.2) is 66.7 Å². The Hall–Kier alpha value is -3.71. The number of carboxylic acid groups (broad SMARTS) is 1. The number of para-hydroxylation sites is 2. The van der Waals surface area contributed by atoms with Crippen molar-refractivity contribution in [1.29, 1.82) is 0 Å². The second kappa shape index (κ2) is 17.0. The SMILES string of the molecule is CCOC(Cc1ccc(OCCN(CCOCc2cc(Cl)cc(Cl)c2)C(=O)Oc2ccccc2OC(F)(F)F)cc1)C(=O)O. The van der Waals surface area contributed by atoms with Crippen molar-refractivity contribution in [3.05, 3.63) is 87.9 Å². The molecule has 1 amide bonds. The molecule has 3 rings (SSSR count). The average Bonchev–Trinajstić information content (AvgIpc) is 2.94. The van der Waals surface area contributed by atoms with Crippen molar-refractivity contribution in [2.75, 3.05) is 32.9 Å². The third-order valence-electron chi connectivity index (χ3n) is 5.84. The van der Waals surface area contributed by atoms with E-state index in [0.29, 0.717) is 21.4 Å². The molecule has 0 aliphatic heterocycles. The van der Waals surface area contributed by atoms with Crippen molar-refractivity contribution in [2.24, 2.45) is 0 Å². The van der Waals surface area contributed by atoms with Crippen LogP contribution in [-0.2, 0) is 27.3 Å². The Labute approximate surface area is 261 Å². The minimum atomic E-state index is -4.99. The molecule has 0 saturated heterocycles. The van der Waals surface area contributed by atoms with E-state index in [1.54, 1.807) is 49.4 Å². The van der Waals surface area contributed by atoms with Gasteiger partial charge in [0.25, 0.3) is 0 Å². The first kappa shape index (κ1) is 34.8. The lowest BCUT2D eigenvalue weighted by molar-refractivity contribution is -0.275. The number of amides is 1. The fourth-order valence-corrected chi connectivity index (χ4v) is 4.45. The molecule has 3 aromatic carbocycles. The molecule has 0 bridgehead atoms. The van der Waals surface area contributed by atoms with Gasteiger partial charge in [0, 0.05) is 29.6 Å². The molecular formula is C30H30Cl2F3NO8. The number of benzene rings is 3. The number of rotatable bonds is 16. The molecule has 1 N–H and O–H groups in total. The maximum absolute atomic E-state index is 13.0.